The Morgan fingerprint density at radius 2 is 1.11 bits per heavy atom. The Kier molecular flexibility index (Phi) is 17.0. The summed E-state index contributed by atoms with van der Waals surface area (Å²) in [5.41, 5.74) is 6.07. The molecule has 0 aromatic heterocycles. The third kappa shape index (κ3) is 14.7. The predicted octanol–water partition coefficient (Wildman–Crippen LogP) is 9.46. The zero-order chi connectivity index (χ0) is 26.1. The van der Waals surface area contributed by atoms with Crippen LogP contribution in [0.1, 0.15) is 156 Å². The lowest BCUT2D eigenvalue weighted by Crippen LogP contribution is -2.48. The average molecular weight is 508 g/mol. The van der Waals surface area contributed by atoms with Crippen molar-refractivity contribution >= 4 is 0 Å². The van der Waals surface area contributed by atoms with Crippen molar-refractivity contribution in [1.82, 2.24) is 0 Å². The van der Waals surface area contributed by atoms with Gasteiger partial charge in [-0.15, -0.1) is 0 Å². The van der Waals surface area contributed by atoms with Crippen molar-refractivity contribution < 1.29 is 9.47 Å². The van der Waals surface area contributed by atoms with E-state index >= 15 is 0 Å². The van der Waals surface area contributed by atoms with Gasteiger partial charge in [0, 0.05) is 13.2 Å². The number of nitrogens with two attached hydrogens (primary N) is 1. The van der Waals surface area contributed by atoms with Crippen LogP contribution in [0.3, 0.4) is 0 Å². The van der Waals surface area contributed by atoms with Crippen molar-refractivity contribution in [3.05, 3.63) is 0 Å². The van der Waals surface area contributed by atoms with Gasteiger partial charge >= 0.3 is 0 Å². The van der Waals surface area contributed by atoms with Crippen molar-refractivity contribution in [3.8, 4) is 0 Å². The first-order valence-corrected chi connectivity index (χ1v) is 16.4. The fourth-order valence-electron chi connectivity index (χ4n) is 6.00. The van der Waals surface area contributed by atoms with E-state index in [9.17, 15) is 0 Å². The number of hydrogen-bond acceptors (Lipinski definition) is 3. The molecule has 0 heterocycles. The predicted molar refractivity (Wildman–Crippen MR) is 156 cm³/mol. The third-order valence-electron chi connectivity index (χ3n) is 9.20. The molecule has 2 fully saturated rings. The Morgan fingerprint density at radius 3 is 1.72 bits per heavy atom. The molecular weight excluding hydrogens is 442 g/mol. The SMILES string of the molecule is CCCCCCCCOC(C)(C)C(N)COCCCCCCCC[C@H]1C[C@H]1C[C@H]1C[C@H]1CCCCC. The highest BCUT2D eigenvalue weighted by Crippen LogP contribution is 2.54. The molecule has 5 atom stereocenters. The van der Waals surface area contributed by atoms with Crippen molar-refractivity contribution in [3.63, 3.8) is 0 Å². The summed E-state index contributed by atoms with van der Waals surface area (Å²) in [6, 6.07) is -0.0595. The minimum atomic E-state index is -0.307. The minimum absolute atomic E-state index is 0.0595. The molecule has 36 heavy (non-hydrogen) atoms. The number of ether oxygens (including phenoxy) is 2. The minimum Gasteiger partial charge on any atom is -0.380 e. The molecule has 1 unspecified atom stereocenters. The van der Waals surface area contributed by atoms with E-state index in [1.165, 1.54) is 96.3 Å². The maximum Gasteiger partial charge on any atom is 0.0799 e. The summed E-state index contributed by atoms with van der Waals surface area (Å²) in [6.07, 6.45) is 27.9. The molecule has 0 spiro atoms. The van der Waals surface area contributed by atoms with Gasteiger partial charge in [0.2, 0.25) is 0 Å². The molecule has 2 aliphatic rings. The lowest BCUT2D eigenvalue weighted by atomic mass is 10.00. The fraction of sp³-hybridized carbons (Fsp3) is 1.00. The van der Waals surface area contributed by atoms with Crippen molar-refractivity contribution in [1.29, 1.82) is 0 Å². The third-order valence-corrected chi connectivity index (χ3v) is 9.20. The van der Waals surface area contributed by atoms with Crippen LogP contribution in [0.15, 0.2) is 0 Å². The summed E-state index contributed by atoms with van der Waals surface area (Å²) in [4.78, 5) is 0. The molecule has 0 amide bonds. The Labute approximate surface area is 226 Å². The summed E-state index contributed by atoms with van der Waals surface area (Å²) in [5.74, 6) is 4.45. The van der Waals surface area contributed by atoms with Crippen molar-refractivity contribution in [2.24, 2.45) is 29.4 Å². The lowest BCUT2D eigenvalue weighted by molar-refractivity contribution is -0.0566. The maximum atomic E-state index is 6.38. The molecule has 3 nitrogen and oxygen atoms in total. The lowest BCUT2D eigenvalue weighted by Gasteiger charge is -2.31. The monoisotopic (exact) mass is 508 g/mol. The second-order valence-electron chi connectivity index (χ2n) is 13.1. The first-order chi connectivity index (χ1) is 17.5. The summed E-state index contributed by atoms with van der Waals surface area (Å²) in [7, 11) is 0. The van der Waals surface area contributed by atoms with Gasteiger partial charge in [0.25, 0.3) is 0 Å². The van der Waals surface area contributed by atoms with Gasteiger partial charge in [-0.05, 0) is 69.6 Å². The Morgan fingerprint density at radius 1 is 0.639 bits per heavy atom. The highest BCUT2D eigenvalue weighted by molar-refractivity contribution is 4.94. The largest absolute Gasteiger partial charge is 0.380 e. The van der Waals surface area contributed by atoms with Gasteiger partial charge in [0.15, 0.2) is 0 Å². The number of hydrogen-bond donors (Lipinski definition) is 1. The first kappa shape index (κ1) is 32.1. The second-order valence-corrected chi connectivity index (χ2v) is 13.1. The van der Waals surface area contributed by atoms with Crippen molar-refractivity contribution in [2.75, 3.05) is 19.8 Å². The molecule has 3 heteroatoms. The van der Waals surface area contributed by atoms with Crippen LogP contribution in [-0.2, 0) is 9.47 Å². The van der Waals surface area contributed by atoms with E-state index < -0.39 is 0 Å². The molecule has 2 rings (SSSR count). The maximum absolute atomic E-state index is 6.38. The van der Waals surface area contributed by atoms with Crippen LogP contribution in [0.4, 0.5) is 0 Å². The first-order valence-electron chi connectivity index (χ1n) is 16.4. The molecule has 2 N–H and O–H groups in total. The molecule has 0 radical (unpaired) electrons. The molecule has 2 saturated carbocycles. The zero-order valence-electron chi connectivity index (χ0n) is 25.0. The average Bonchev–Trinajstić information content (AvgIpc) is 3.78. The number of unbranched alkanes of at least 4 members (excludes halogenated alkanes) is 12. The van der Waals surface area contributed by atoms with Gasteiger partial charge in [-0.1, -0.05) is 110 Å². The van der Waals surface area contributed by atoms with Crippen LogP contribution in [-0.4, -0.2) is 31.5 Å². The topological polar surface area (TPSA) is 44.5 Å². The Bertz CT molecular complexity index is 522. The molecule has 0 aromatic carbocycles. The molecule has 0 bridgehead atoms. The molecule has 0 aliphatic heterocycles. The van der Waals surface area contributed by atoms with Gasteiger partial charge < -0.3 is 15.2 Å². The van der Waals surface area contributed by atoms with Crippen LogP contribution in [0.2, 0.25) is 0 Å². The van der Waals surface area contributed by atoms with Crippen LogP contribution in [0.5, 0.6) is 0 Å². The van der Waals surface area contributed by atoms with Gasteiger partial charge in [-0.25, -0.2) is 0 Å². The van der Waals surface area contributed by atoms with E-state index in [4.69, 9.17) is 15.2 Å². The van der Waals surface area contributed by atoms with E-state index in [0.717, 1.165) is 49.7 Å². The van der Waals surface area contributed by atoms with Crippen LogP contribution >= 0.6 is 0 Å². The van der Waals surface area contributed by atoms with E-state index in [2.05, 4.69) is 27.7 Å². The summed E-state index contributed by atoms with van der Waals surface area (Å²) >= 11 is 0. The van der Waals surface area contributed by atoms with Gasteiger partial charge in [0.1, 0.15) is 0 Å². The van der Waals surface area contributed by atoms with E-state index in [1.807, 2.05) is 0 Å². The summed E-state index contributed by atoms with van der Waals surface area (Å²) in [6.45, 7) is 11.1. The van der Waals surface area contributed by atoms with Crippen LogP contribution in [0.25, 0.3) is 0 Å². The van der Waals surface area contributed by atoms with Crippen molar-refractivity contribution in [2.45, 2.75) is 168 Å². The molecule has 0 aromatic rings. The molecule has 2 aliphatic carbocycles. The highest BCUT2D eigenvalue weighted by Gasteiger charge is 2.44. The van der Waals surface area contributed by atoms with Gasteiger partial charge in [0.05, 0.1) is 18.2 Å². The van der Waals surface area contributed by atoms with E-state index in [1.54, 1.807) is 19.3 Å². The highest BCUT2D eigenvalue weighted by atomic mass is 16.5. The van der Waals surface area contributed by atoms with Gasteiger partial charge in [-0.2, -0.15) is 0 Å². The zero-order valence-corrected chi connectivity index (χ0v) is 25.0. The Hall–Kier alpha value is -0.120. The summed E-state index contributed by atoms with van der Waals surface area (Å²) in [5, 5.41) is 0. The molecule has 214 valence electrons. The van der Waals surface area contributed by atoms with Crippen LogP contribution < -0.4 is 5.73 Å². The van der Waals surface area contributed by atoms with Gasteiger partial charge in [-0.3, -0.25) is 0 Å². The second kappa shape index (κ2) is 19.0. The van der Waals surface area contributed by atoms with E-state index in [0.29, 0.717) is 6.61 Å². The smallest absolute Gasteiger partial charge is 0.0799 e. The fourth-order valence-corrected chi connectivity index (χ4v) is 6.00. The van der Waals surface area contributed by atoms with Crippen LogP contribution in [0, 0.1) is 23.7 Å². The Balaban J connectivity index is 1.31. The normalized spacial score (nSPS) is 24.2. The standard InChI is InChI=1S/C33H65NO2/c1-5-7-9-10-15-19-23-36-33(3,4)32(34)27-35-22-18-14-12-11-13-17-21-29-25-31(29)26-30-24-28(30)20-16-8-6-2/h28-32H,5-27,34H2,1-4H3/t28-,29+,30-,31+,32?/m1/s1. The van der Waals surface area contributed by atoms with E-state index in [-0.39, 0.29) is 11.6 Å². The molecule has 0 saturated heterocycles. The summed E-state index contributed by atoms with van der Waals surface area (Å²) < 4.78 is 12.0. The quantitative estimate of drug-likeness (QED) is 0.119. The number of rotatable bonds is 26. The molecular formula is C33H65NO2.